The summed E-state index contributed by atoms with van der Waals surface area (Å²) in [4.78, 5) is 12.5. The number of sulfonamides is 1. The van der Waals surface area contributed by atoms with Crippen molar-refractivity contribution < 1.29 is 17.6 Å². The van der Waals surface area contributed by atoms with E-state index < -0.39 is 21.7 Å². The number of benzene rings is 3. The quantitative estimate of drug-likeness (QED) is 0.660. The van der Waals surface area contributed by atoms with E-state index in [0.717, 1.165) is 4.31 Å². The van der Waals surface area contributed by atoms with E-state index in [1.165, 1.54) is 61.6 Å². The van der Waals surface area contributed by atoms with Crippen molar-refractivity contribution in [1.82, 2.24) is 0 Å². The van der Waals surface area contributed by atoms with E-state index in [1.54, 1.807) is 18.2 Å². The summed E-state index contributed by atoms with van der Waals surface area (Å²) in [6, 6.07) is 17.6. The summed E-state index contributed by atoms with van der Waals surface area (Å²) in [7, 11) is -2.35. The Hall–Kier alpha value is -2.90. The molecule has 1 amide bonds. The summed E-state index contributed by atoms with van der Waals surface area (Å²) in [6.07, 6.45) is 0. The van der Waals surface area contributed by atoms with Gasteiger partial charge in [-0.25, -0.2) is 12.8 Å². The van der Waals surface area contributed by atoms with Crippen LogP contribution in [0.5, 0.6) is 0 Å². The fraction of sp³-hybridized carbons (Fsp3) is 0.0500. The maximum absolute atomic E-state index is 13.0. The molecule has 28 heavy (non-hydrogen) atoms. The molecule has 8 heteroatoms. The lowest BCUT2D eigenvalue weighted by atomic mass is 10.2. The predicted molar refractivity (Wildman–Crippen MR) is 108 cm³/mol. The topological polar surface area (TPSA) is 66.5 Å². The first-order chi connectivity index (χ1) is 13.3. The monoisotopic (exact) mass is 418 g/mol. The second kappa shape index (κ2) is 8.00. The van der Waals surface area contributed by atoms with E-state index in [0.29, 0.717) is 11.4 Å². The first-order valence-corrected chi connectivity index (χ1v) is 10.0. The Morgan fingerprint density at radius 3 is 2.25 bits per heavy atom. The zero-order chi connectivity index (χ0) is 20.3. The lowest BCUT2D eigenvalue weighted by Gasteiger charge is -2.20. The van der Waals surface area contributed by atoms with Crippen molar-refractivity contribution in [2.75, 3.05) is 16.7 Å². The Morgan fingerprint density at radius 1 is 1.00 bits per heavy atom. The second-order valence-electron chi connectivity index (χ2n) is 5.91. The predicted octanol–water partition coefficient (Wildman–Crippen LogP) is 4.56. The minimum absolute atomic E-state index is 0.0900. The normalized spacial score (nSPS) is 11.1. The van der Waals surface area contributed by atoms with Crippen LogP contribution in [0.2, 0.25) is 5.02 Å². The first-order valence-electron chi connectivity index (χ1n) is 8.19. The first kappa shape index (κ1) is 19.9. The zero-order valence-corrected chi connectivity index (χ0v) is 16.3. The molecule has 0 atom stereocenters. The number of nitrogens with one attached hydrogen (secondary N) is 1. The van der Waals surface area contributed by atoms with Gasteiger partial charge in [-0.15, -0.1) is 0 Å². The van der Waals surface area contributed by atoms with E-state index in [1.807, 2.05) is 0 Å². The molecule has 0 saturated heterocycles. The molecule has 1 N–H and O–H groups in total. The van der Waals surface area contributed by atoms with E-state index >= 15 is 0 Å². The fourth-order valence-electron chi connectivity index (χ4n) is 2.51. The van der Waals surface area contributed by atoms with Gasteiger partial charge in [0.1, 0.15) is 5.82 Å². The third-order valence-corrected chi connectivity index (χ3v) is 6.18. The van der Waals surface area contributed by atoms with Crippen molar-refractivity contribution >= 4 is 38.9 Å². The molecule has 0 unspecified atom stereocenters. The Labute approximate surface area is 167 Å². The summed E-state index contributed by atoms with van der Waals surface area (Å²) in [5.41, 5.74) is 0.891. The molecule has 0 aliphatic heterocycles. The van der Waals surface area contributed by atoms with Crippen LogP contribution in [-0.2, 0) is 10.0 Å². The van der Waals surface area contributed by atoms with Crippen LogP contribution in [-0.4, -0.2) is 21.4 Å². The fourth-order valence-corrected chi connectivity index (χ4v) is 3.97. The third kappa shape index (κ3) is 4.16. The average Bonchev–Trinajstić information content (AvgIpc) is 2.69. The molecule has 0 aliphatic carbocycles. The Bertz CT molecular complexity index is 1100. The van der Waals surface area contributed by atoms with Crippen LogP contribution in [0.1, 0.15) is 10.4 Å². The highest BCUT2D eigenvalue weighted by Gasteiger charge is 2.22. The van der Waals surface area contributed by atoms with Crippen molar-refractivity contribution in [1.29, 1.82) is 0 Å². The van der Waals surface area contributed by atoms with Crippen molar-refractivity contribution in [3.63, 3.8) is 0 Å². The van der Waals surface area contributed by atoms with Crippen LogP contribution in [0.25, 0.3) is 0 Å². The smallest absolute Gasteiger partial charge is 0.264 e. The molecule has 144 valence electrons. The van der Waals surface area contributed by atoms with Crippen LogP contribution >= 0.6 is 11.6 Å². The van der Waals surface area contributed by atoms with Crippen LogP contribution in [0.15, 0.2) is 77.7 Å². The van der Waals surface area contributed by atoms with Crippen molar-refractivity contribution in [2.45, 2.75) is 4.90 Å². The minimum atomic E-state index is -3.76. The van der Waals surface area contributed by atoms with Crippen LogP contribution < -0.4 is 9.62 Å². The second-order valence-corrected chi connectivity index (χ2v) is 8.29. The highest BCUT2D eigenvalue weighted by molar-refractivity contribution is 7.92. The summed E-state index contributed by atoms with van der Waals surface area (Å²) in [6.45, 7) is 0. The molecule has 0 heterocycles. The molecule has 0 spiro atoms. The van der Waals surface area contributed by atoms with Gasteiger partial charge in [0.05, 0.1) is 21.2 Å². The number of hydrogen-bond acceptors (Lipinski definition) is 3. The molecule has 5 nitrogen and oxygen atoms in total. The van der Waals surface area contributed by atoms with Gasteiger partial charge in [0.15, 0.2) is 0 Å². The summed E-state index contributed by atoms with van der Waals surface area (Å²) >= 11 is 6.21. The molecule has 0 fully saturated rings. The number of carbonyl (C=O) groups is 1. The lowest BCUT2D eigenvalue weighted by Crippen LogP contribution is -2.26. The zero-order valence-electron chi connectivity index (χ0n) is 14.8. The number of hydrogen-bond donors (Lipinski definition) is 1. The van der Waals surface area contributed by atoms with Crippen molar-refractivity contribution in [3.05, 3.63) is 89.2 Å². The third-order valence-electron chi connectivity index (χ3n) is 4.06. The van der Waals surface area contributed by atoms with Gasteiger partial charge in [-0.3, -0.25) is 9.10 Å². The number of carbonyl (C=O) groups excluding carboxylic acids is 1. The van der Waals surface area contributed by atoms with Crippen molar-refractivity contribution in [2.24, 2.45) is 0 Å². The molecule has 3 aromatic carbocycles. The van der Waals surface area contributed by atoms with Crippen LogP contribution in [0, 0.1) is 5.82 Å². The van der Waals surface area contributed by atoms with Crippen molar-refractivity contribution in [3.8, 4) is 0 Å². The highest BCUT2D eigenvalue weighted by Crippen LogP contribution is 2.27. The summed E-state index contributed by atoms with van der Waals surface area (Å²) < 4.78 is 39.5. The molecule has 0 aromatic heterocycles. The number of nitrogens with zero attached hydrogens (tertiary/aromatic N) is 1. The van der Waals surface area contributed by atoms with E-state index in [9.17, 15) is 17.6 Å². The summed E-state index contributed by atoms with van der Waals surface area (Å²) in [5, 5.41) is 2.70. The van der Waals surface area contributed by atoms with E-state index in [-0.39, 0.29) is 15.5 Å². The largest absolute Gasteiger partial charge is 0.322 e. The van der Waals surface area contributed by atoms with Crippen LogP contribution in [0.4, 0.5) is 15.8 Å². The highest BCUT2D eigenvalue weighted by atomic mass is 35.5. The maximum atomic E-state index is 13.0. The molecule has 3 aromatic rings. The van der Waals surface area contributed by atoms with Gasteiger partial charge in [-0.05, 0) is 54.6 Å². The minimum Gasteiger partial charge on any atom is -0.322 e. The number of amides is 1. The SMILES string of the molecule is CN(c1ccc(C(=O)Nc2ccc(F)cc2)c(Cl)c1)S(=O)(=O)c1ccccc1. The van der Waals surface area contributed by atoms with Crippen LogP contribution in [0.3, 0.4) is 0 Å². The standard InChI is InChI=1S/C20H16ClFN2O3S/c1-24(28(26,27)17-5-3-2-4-6-17)16-11-12-18(19(21)13-16)20(25)23-15-9-7-14(22)8-10-15/h2-13H,1H3,(H,23,25). The Kier molecular flexibility index (Phi) is 5.67. The number of halogens is 2. The Balaban J connectivity index is 1.83. The molecule has 0 bridgehead atoms. The molecular formula is C20H16ClFN2O3S. The number of anilines is 2. The molecular weight excluding hydrogens is 403 g/mol. The average molecular weight is 419 g/mol. The van der Waals surface area contributed by atoms with Gasteiger partial charge in [0.2, 0.25) is 0 Å². The van der Waals surface area contributed by atoms with Gasteiger partial charge >= 0.3 is 0 Å². The van der Waals surface area contributed by atoms with Gasteiger partial charge in [0.25, 0.3) is 15.9 Å². The molecule has 0 radical (unpaired) electrons. The van der Waals surface area contributed by atoms with Gasteiger partial charge < -0.3 is 5.32 Å². The van der Waals surface area contributed by atoms with Gasteiger partial charge in [-0.1, -0.05) is 29.8 Å². The number of rotatable bonds is 5. The molecule has 0 aliphatic rings. The van der Waals surface area contributed by atoms with Gasteiger partial charge in [-0.2, -0.15) is 0 Å². The maximum Gasteiger partial charge on any atom is 0.264 e. The van der Waals surface area contributed by atoms with E-state index in [2.05, 4.69) is 5.32 Å². The summed E-state index contributed by atoms with van der Waals surface area (Å²) in [5.74, 6) is -0.903. The Morgan fingerprint density at radius 2 is 1.64 bits per heavy atom. The van der Waals surface area contributed by atoms with E-state index in [4.69, 9.17) is 11.6 Å². The lowest BCUT2D eigenvalue weighted by molar-refractivity contribution is 0.102. The molecule has 3 rings (SSSR count). The van der Waals surface area contributed by atoms with Gasteiger partial charge in [0, 0.05) is 12.7 Å². The molecule has 0 saturated carbocycles.